The first-order valence-electron chi connectivity index (χ1n) is 7.08. The van der Waals surface area contributed by atoms with Crippen LogP contribution in [-0.4, -0.2) is 12.6 Å². The molecule has 2 rings (SSSR count). The van der Waals surface area contributed by atoms with Crippen molar-refractivity contribution in [3.8, 4) is 0 Å². The molecule has 4 heteroatoms. The summed E-state index contributed by atoms with van der Waals surface area (Å²) < 4.78 is 0. The zero-order valence-corrected chi connectivity index (χ0v) is 12.5. The van der Waals surface area contributed by atoms with Crippen LogP contribution in [0.15, 0.2) is 48.5 Å². The summed E-state index contributed by atoms with van der Waals surface area (Å²) in [7, 11) is 0. The van der Waals surface area contributed by atoms with Crippen LogP contribution in [0, 0.1) is 6.92 Å². The minimum Gasteiger partial charge on any atom is -0.326 e. The Morgan fingerprint density at radius 3 is 2.48 bits per heavy atom. The van der Waals surface area contributed by atoms with E-state index in [0.29, 0.717) is 13.1 Å². The van der Waals surface area contributed by atoms with Crippen LogP contribution < -0.4 is 16.0 Å². The minimum absolute atomic E-state index is 0.136. The lowest BCUT2D eigenvalue weighted by Crippen LogP contribution is -2.34. The van der Waals surface area contributed by atoms with Crippen LogP contribution in [0.5, 0.6) is 0 Å². The van der Waals surface area contributed by atoms with Gasteiger partial charge in [0.1, 0.15) is 0 Å². The highest BCUT2D eigenvalue weighted by atomic mass is 16.2. The van der Waals surface area contributed by atoms with E-state index in [9.17, 15) is 4.79 Å². The lowest BCUT2D eigenvalue weighted by atomic mass is 10.2. The predicted octanol–water partition coefficient (Wildman–Crippen LogP) is 3.51. The summed E-state index contributed by atoms with van der Waals surface area (Å²) in [4.78, 5) is 14.1. The van der Waals surface area contributed by atoms with Gasteiger partial charge in [-0.25, -0.2) is 4.79 Å². The Morgan fingerprint density at radius 1 is 1.19 bits per heavy atom. The third-order valence-electron chi connectivity index (χ3n) is 3.31. The number of hydrogen-bond donors (Lipinski definition) is 2. The Hall–Kier alpha value is -2.33. The smallest absolute Gasteiger partial charge is 0.326 e. The molecule has 0 aliphatic rings. The first-order valence-corrected chi connectivity index (χ1v) is 7.08. The lowest BCUT2D eigenvalue weighted by molar-refractivity contribution is 0.257. The molecule has 0 heterocycles. The third-order valence-corrected chi connectivity index (χ3v) is 3.31. The molecule has 0 bridgehead atoms. The number of amides is 2. The number of aryl methyl sites for hydroxylation is 1. The largest absolute Gasteiger partial charge is 0.326 e. The van der Waals surface area contributed by atoms with Crippen molar-refractivity contribution in [2.24, 2.45) is 5.73 Å². The van der Waals surface area contributed by atoms with Crippen molar-refractivity contribution in [1.29, 1.82) is 0 Å². The van der Waals surface area contributed by atoms with Crippen LogP contribution >= 0.6 is 0 Å². The van der Waals surface area contributed by atoms with Gasteiger partial charge in [-0.15, -0.1) is 0 Å². The van der Waals surface area contributed by atoms with Crippen molar-refractivity contribution in [2.75, 3.05) is 16.8 Å². The quantitative estimate of drug-likeness (QED) is 0.902. The van der Waals surface area contributed by atoms with Crippen molar-refractivity contribution in [2.45, 2.75) is 20.4 Å². The summed E-state index contributed by atoms with van der Waals surface area (Å²) in [6, 6.07) is 15.3. The van der Waals surface area contributed by atoms with Crippen LogP contribution in [-0.2, 0) is 6.54 Å². The van der Waals surface area contributed by atoms with Gasteiger partial charge in [-0.1, -0.05) is 24.3 Å². The first-order chi connectivity index (χ1) is 10.1. The summed E-state index contributed by atoms with van der Waals surface area (Å²) in [6.45, 7) is 5.05. The molecule has 0 saturated heterocycles. The molecule has 0 spiro atoms. The van der Waals surface area contributed by atoms with Gasteiger partial charge in [0.15, 0.2) is 0 Å². The fraction of sp³-hybridized carbons (Fsp3) is 0.235. The number of anilines is 2. The normalized spacial score (nSPS) is 10.2. The number of nitrogens with zero attached hydrogens (tertiary/aromatic N) is 1. The van der Waals surface area contributed by atoms with Gasteiger partial charge in [0.05, 0.1) is 0 Å². The van der Waals surface area contributed by atoms with Gasteiger partial charge in [0, 0.05) is 24.5 Å². The van der Waals surface area contributed by atoms with E-state index in [4.69, 9.17) is 5.73 Å². The molecule has 0 aliphatic carbocycles. The van der Waals surface area contributed by atoms with E-state index in [1.807, 2.05) is 62.4 Å². The van der Waals surface area contributed by atoms with Crippen molar-refractivity contribution in [1.82, 2.24) is 0 Å². The Labute approximate surface area is 125 Å². The summed E-state index contributed by atoms with van der Waals surface area (Å²) in [5.74, 6) is 0. The molecule has 2 aromatic carbocycles. The number of urea groups is 1. The van der Waals surface area contributed by atoms with Crippen molar-refractivity contribution in [3.63, 3.8) is 0 Å². The Balaban J connectivity index is 2.14. The van der Waals surface area contributed by atoms with Crippen molar-refractivity contribution >= 4 is 17.4 Å². The number of nitrogens with two attached hydrogens (primary N) is 1. The van der Waals surface area contributed by atoms with Gasteiger partial charge >= 0.3 is 6.03 Å². The van der Waals surface area contributed by atoms with E-state index in [0.717, 1.165) is 22.5 Å². The van der Waals surface area contributed by atoms with Crippen molar-refractivity contribution in [3.05, 3.63) is 59.7 Å². The average Bonchev–Trinajstić information content (AvgIpc) is 2.48. The van der Waals surface area contributed by atoms with E-state index >= 15 is 0 Å². The molecule has 0 saturated carbocycles. The van der Waals surface area contributed by atoms with Gasteiger partial charge in [0.2, 0.25) is 0 Å². The van der Waals surface area contributed by atoms with E-state index in [1.54, 1.807) is 4.90 Å². The van der Waals surface area contributed by atoms with Gasteiger partial charge < -0.3 is 11.1 Å². The Bertz CT molecular complexity index is 608. The molecular weight excluding hydrogens is 262 g/mol. The maximum Gasteiger partial charge on any atom is 0.326 e. The van der Waals surface area contributed by atoms with E-state index in [-0.39, 0.29) is 6.03 Å². The number of carbonyl (C=O) groups is 1. The van der Waals surface area contributed by atoms with E-state index in [1.165, 1.54) is 0 Å². The monoisotopic (exact) mass is 283 g/mol. The minimum atomic E-state index is -0.136. The van der Waals surface area contributed by atoms with Crippen LogP contribution in [0.25, 0.3) is 0 Å². The van der Waals surface area contributed by atoms with Crippen LogP contribution in [0.1, 0.15) is 18.1 Å². The molecule has 0 atom stereocenters. The molecule has 0 radical (unpaired) electrons. The molecule has 110 valence electrons. The van der Waals surface area contributed by atoms with Crippen molar-refractivity contribution < 1.29 is 4.79 Å². The number of benzene rings is 2. The topological polar surface area (TPSA) is 58.4 Å². The standard InChI is InChI=1S/C17H21N3O/c1-3-20(16-9-7-14(12-18)8-10-16)17(21)19-15-6-4-5-13(2)11-15/h4-11H,3,12,18H2,1-2H3,(H,19,21). The molecule has 4 nitrogen and oxygen atoms in total. The summed E-state index contributed by atoms with van der Waals surface area (Å²) in [5, 5.41) is 2.92. The molecule has 2 aromatic rings. The predicted molar refractivity (Wildman–Crippen MR) is 87.6 cm³/mol. The van der Waals surface area contributed by atoms with E-state index < -0.39 is 0 Å². The number of nitrogens with one attached hydrogen (secondary N) is 1. The molecule has 0 unspecified atom stereocenters. The van der Waals surface area contributed by atoms with Crippen LogP contribution in [0.2, 0.25) is 0 Å². The average molecular weight is 283 g/mol. The highest BCUT2D eigenvalue weighted by molar-refractivity contribution is 6.01. The van der Waals surface area contributed by atoms with Crippen LogP contribution in [0.4, 0.5) is 16.2 Å². The SMILES string of the molecule is CCN(C(=O)Nc1cccc(C)c1)c1ccc(CN)cc1. The zero-order valence-electron chi connectivity index (χ0n) is 12.5. The highest BCUT2D eigenvalue weighted by Gasteiger charge is 2.13. The summed E-state index contributed by atoms with van der Waals surface area (Å²) >= 11 is 0. The fourth-order valence-electron chi connectivity index (χ4n) is 2.17. The van der Waals surface area contributed by atoms with Crippen LogP contribution in [0.3, 0.4) is 0 Å². The molecule has 0 aromatic heterocycles. The van der Waals surface area contributed by atoms with Gasteiger partial charge in [-0.05, 0) is 49.2 Å². The molecule has 21 heavy (non-hydrogen) atoms. The molecule has 3 N–H and O–H groups in total. The second-order valence-corrected chi connectivity index (χ2v) is 4.91. The molecule has 0 fully saturated rings. The second-order valence-electron chi connectivity index (χ2n) is 4.91. The number of hydrogen-bond acceptors (Lipinski definition) is 2. The van der Waals surface area contributed by atoms with Gasteiger partial charge in [0.25, 0.3) is 0 Å². The maximum absolute atomic E-state index is 12.4. The summed E-state index contributed by atoms with van der Waals surface area (Å²) in [5.41, 5.74) is 9.42. The van der Waals surface area contributed by atoms with E-state index in [2.05, 4.69) is 5.32 Å². The Kier molecular flexibility index (Phi) is 4.95. The molecule has 0 aliphatic heterocycles. The zero-order chi connectivity index (χ0) is 15.2. The lowest BCUT2D eigenvalue weighted by Gasteiger charge is -2.22. The van der Waals surface area contributed by atoms with Gasteiger partial charge in [-0.3, -0.25) is 4.90 Å². The molecule has 2 amide bonds. The second kappa shape index (κ2) is 6.90. The van der Waals surface area contributed by atoms with Gasteiger partial charge in [-0.2, -0.15) is 0 Å². The molecular formula is C17H21N3O. The maximum atomic E-state index is 12.4. The fourth-order valence-corrected chi connectivity index (χ4v) is 2.17. The number of carbonyl (C=O) groups excluding carboxylic acids is 1. The first kappa shape index (κ1) is 15.1. The highest BCUT2D eigenvalue weighted by Crippen LogP contribution is 2.17. The Morgan fingerprint density at radius 2 is 1.90 bits per heavy atom. The third kappa shape index (κ3) is 3.83. The summed E-state index contributed by atoms with van der Waals surface area (Å²) in [6.07, 6.45) is 0. The number of rotatable bonds is 4.